The Bertz CT molecular complexity index is 1580. The van der Waals surface area contributed by atoms with Crippen molar-refractivity contribution in [3.8, 4) is 23.5 Å². The number of aromatic nitrogens is 2. The Morgan fingerprint density at radius 3 is 2.66 bits per heavy atom. The number of nitrogens with zero attached hydrogens (tertiary/aromatic N) is 3. The van der Waals surface area contributed by atoms with Crippen molar-refractivity contribution < 1.29 is 14.9 Å². The van der Waals surface area contributed by atoms with Crippen LogP contribution in [-0.4, -0.2) is 19.8 Å². The summed E-state index contributed by atoms with van der Waals surface area (Å²) in [6, 6.07) is 19.4. The number of pyridine rings is 1. The van der Waals surface area contributed by atoms with Crippen LogP contribution in [0, 0.1) is 18.3 Å². The molecule has 2 aromatic carbocycles. The second kappa shape index (κ2) is 7.46. The minimum absolute atomic E-state index is 0.0716. The topological polar surface area (TPSA) is 91.3 Å². The number of aromatic hydroxyl groups is 2. The van der Waals surface area contributed by atoms with Crippen LogP contribution < -0.4 is 0 Å². The van der Waals surface area contributed by atoms with Crippen molar-refractivity contribution in [2.24, 2.45) is 0 Å². The molecular formula is C29H25N3O3. The molecule has 1 fully saturated rings. The maximum absolute atomic E-state index is 11.5. The highest BCUT2D eigenvalue weighted by molar-refractivity contribution is 5.91. The van der Waals surface area contributed by atoms with E-state index in [4.69, 9.17) is 4.74 Å². The van der Waals surface area contributed by atoms with E-state index in [1.54, 1.807) is 6.07 Å². The molecule has 0 spiro atoms. The molecule has 0 saturated carbocycles. The lowest BCUT2D eigenvalue weighted by molar-refractivity contribution is -0.0772. The standard InChI is InChI=1S/C29H25N3O3/c1-18-7-5-9-20(31-18)10-6-14-29-16-15-28(2,35-29)24-25(29)27(34)32(26(24)33)23-13-12-19-8-3-4-11-21(19)22(23)17-30/h3-13,33-34H,14-16H2,1-2H3/t28-,29+/m0/s1. The molecule has 4 aromatic rings. The van der Waals surface area contributed by atoms with Crippen LogP contribution >= 0.6 is 0 Å². The van der Waals surface area contributed by atoms with Crippen LogP contribution in [0.15, 0.2) is 60.7 Å². The molecule has 2 aromatic heterocycles. The Kier molecular flexibility index (Phi) is 4.57. The second-order valence-corrected chi connectivity index (χ2v) is 9.66. The molecule has 2 atom stereocenters. The molecule has 2 aliphatic rings. The van der Waals surface area contributed by atoms with E-state index in [1.807, 2.05) is 74.5 Å². The van der Waals surface area contributed by atoms with Gasteiger partial charge in [0.2, 0.25) is 11.8 Å². The third-order valence-corrected chi connectivity index (χ3v) is 7.44. The lowest BCUT2D eigenvalue weighted by atomic mass is 9.77. The van der Waals surface area contributed by atoms with E-state index in [2.05, 4.69) is 11.1 Å². The van der Waals surface area contributed by atoms with Crippen LogP contribution in [-0.2, 0) is 15.9 Å². The van der Waals surface area contributed by atoms with Gasteiger partial charge in [-0.2, -0.15) is 5.26 Å². The summed E-state index contributed by atoms with van der Waals surface area (Å²) in [6.07, 6.45) is 5.97. The molecule has 0 radical (unpaired) electrons. The number of hydrogen-bond acceptors (Lipinski definition) is 5. The van der Waals surface area contributed by atoms with Gasteiger partial charge in [0, 0.05) is 11.1 Å². The Balaban J connectivity index is 1.48. The molecule has 35 heavy (non-hydrogen) atoms. The van der Waals surface area contributed by atoms with Crippen LogP contribution in [0.2, 0.25) is 0 Å². The van der Waals surface area contributed by atoms with Gasteiger partial charge in [0.15, 0.2) is 0 Å². The van der Waals surface area contributed by atoms with Gasteiger partial charge >= 0.3 is 0 Å². The zero-order chi connectivity index (χ0) is 24.4. The van der Waals surface area contributed by atoms with E-state index >= 15 is 0 Å². The normalized spacial score (nSPS) is 22.7. The highest BCUT2D eigenvalue weighted by Gasteiger charge is 2.61. The third kappa shape index (κ3) is 3.02. The molecule has 2 bridgehead atoms. The number of hydrogen-bond donors (Lipinski definition) is 2. The van der Waals surface area contributed by atoms with E-state index in [0.717, 1.165) is 35.0 Å². The third-order valence-electron chi connectivity index (χ3n) is 7.44. The number of benzene rings is 2. The lowest BCUT2D eigenvalue weighted by Gasteiger charge is -2.25. The zero-order valence-corrected chi connectivity index (χ0v) is 19.6. The fourth-order valence-electron chi connectivity index (χ4n) is 5.87. The monoisotopic (exact) mass is 463 g/mol. The van der Waals surface area contributed by atoms with Crippen molar-refractivity contribution in [3.05, 3.63) is 88.8 Å². The summed E-state index contributed by atoms with van der Waals surface area (Å²) in [5.74, 6) is -0.146. The maximum atomic E-state index is 11.5. The average molecular weight is 464 g/mol. The quantitative estimate of drug-likeness (QED) is 0.390. The molecule has 0 unspecified atom stereocenters. The number of nitriles is 1. The summed E-state index contributed by atoms with van der Waals surface area (Å²) < 4.78 is 7.93. The average Bonchev–Trinajstić information content (AvgIpc) is 3.43. The Labute approximate surface area is 203 Å². The first kappa shape index (κ1) is 21.5. The Morgan fingerprint density at radius 2 is 1.86 bits per heavy atom. The molecule has 0 amide bonds. The van der Waals surface area contributed by atoms with Gasteiger partial charge in [0.05, 0.1) is 33.7 Å². The number of aryl methyl sites for hydroxylation is 1. The summed E-state index contributed by atoms with van der Waals surface area (Å²) >= 11 is 0. The summed E-state index contributed by atoms with van der Waals surface area (Å²) in [5, 5.41) is 34.6. The van der Waals surface area contributed by atoms with E-state index < -0.39 is 11.2 Å². The summed E-state index contributed by atoms with van der Waals surface area (Å²) in [5.41, 5.74) is 2.43. The first-order valence-corrected chi connectivity index (χ1v) is 11.8. The van der Waals surface area contributed by atoms with Gasteiger partial charge in [0.1, 0.15) is 11.7 Å². The highest BCUT2D eigenvalue weighted by Crippen LogP contribution is 2.65. The predicted molar refractivity (Wildman–Crippen MR) is 133 cm³/mol. The van der Waals surface area contributed by atoms with Crippen molar-refractivity contribution in [2.75, 3.05) is 0 Å². The van der Waals surface area contributed by atoms with Crippen LogP contribution in [0.3, 0.4) is 0 Å². The van der Waals surface area contributed by atoms with Crippen LogP contribution in [0.25, 0.3) is 22.5 Å². The van der Waals surface area contributed by atoms with Gasteiger partial charge < -0.3 is 14.9 Å². The largest absolute Gasteiger partial charge is 0.494 e. The SMILES string of the molecule is Cc1cccc(C=CC[C@]23CC[C@](C)(O2)c2c3c(O)n(-c3ccc4ccccc4c3C#N)c2O)n1. The van der Waals surface area contributed by atoms with Crippen molar-refractivity contribution in [3.63, 3.8) is 0 Å². The smallest absolute Gasteiger partial charge is 0.205 e. The molecule has 6 heteroatoms. The molecule has 6 nitrogen and oxygen atoms in total. The number of ether oxygens (including phenoxy) is 1. The van der Waals surface area contributed by atoms with E-state index in [1.165, 1.54) is 4.57 Å². The minimum Gasteiger partial charge on any atom is -0.494 e. The summed E-state index contributed by atoms with van der Waals surface area (Å²) in [6.45, 7) is 3.91. The molecule has 4 heterocycles. The van der Waals surface area contributed by atoms with E-state index in [9.17, 15) is 15.5 Å². The van der Waals surface area contributed by atoms with Crippen LogP contribution in [0.4, 0.5) is 0 Å². The lowest BCUT2D eigenvalue weighted by Crippen LogP contribution is -2.21. The maximum Gasteiger partial charge on any atom is 0.205 e. The zero-order valence-electron chi connectivity index (χ0n) is 19.6. The fourth-order valence-corrected chi connectivity index (χ4v) is 5.87. The molecule has 0 aliphatic carbocycles. The van der Waals surface area contributed by atoms with Crippen molar-refractivity contribution >= 4 is 16.8 Å². The van der Waals surface area contributed by atoms with Gasteiger partial charge in [-0.15, -0.1) is 0 Å². The second-order valence-electron chi connectivity index (χ2n) is 9.66. The summed E-state index contributed by atoms with van der Waals surface area (Å²) in [7, 11) is 0. The molecule has 2 aliphatic heterocycles. The van der Waals surface area contributed by atoms with Gasteiger partial charge in [-0.1, -0.05) is 42.5 Å². The molecule has 1 saturated heterocycles. The molecular weight excluding hydrogens is 438 g/mol. The van der Waals surface area contributed by atoms with Crippen molar-refractivity contribution in [2.45, 2.75) is 44.3 Å². The summed E-state index contributed by atoms with van der Waals surface area (Å²) in [4.78, 5) is 4.52. The molecule has 6 rings (SSSR count). The van der Waals surface area contributed by atoms with Crippen LogP contribution in [0.1, 0.15) is 54.3 Å². The predicted octanol–water partition coefficient (Wildman–Crippen LogP) is 5.95. The van der Waals surface area contributed by atoms with Gasteiger partial charge in [-0.3, -0.25) is 4.98 Å². The highest BCUT2D eigenvalue weighted by atomic mass is 16.5. The van der Waals surface area contributed by atoms with Gasteiger partial charge in [0.25, 0.3) is 0 Å². The van der Waals surface area contributed by atoms with E-state index in [0.29, 0.717) is 28.8 Å². The van der Waals surface area contributed by atoms with Crippen LogP contribution in [0.5, 0.6) is 11.8 Å². The first-order valence-electron chi connectivity index (χ1n) is 11.8. The Hall–Kier alpha value is -4.08. The van der Waals surface area contributed by atoms with E-state index in [-0.39, 0.29) is 11.8 Å². The van der Waals surface area contributed by atoms with Crippen molar-refractivity contribution in [1.29, 1.82) is 5.26 Å². The first-order chi connectivity index (χ1) is 16.9. The number of rotatable bonds is 4. The molecule has 174 valence electrons. The minimum atomic E-state index is -0.749. The molecule has 2 N–H and O–H groups in total. The van der Waals surface area contributed by atoms with Gasteiger partial charge in [-0.25, -0.2) is 4.57 Å². The van der Waals surface area contributed by atoms with Gasteiger partial charge in [-0.05, 0) is 62.8 Å². The van der Waals surface area contributed by atoms with Crippen molar-refractivity contribution in [1.82, 2.24) is 9.55 Å². The Morgan fingerprint density at radius 1 is 1.06 bits per heavy atom. The number of fused-ring (bicyclic) bond motifs is 6. The fraction of sp³-hybridized carbons (Fsp3) is 0.241.